The lowest BCUT2D eigenvalue weighted by Crippen LogP contribution is -2.21. The summed E-state index contributed by atoms with van der Waals surface area (Å²) in [6.45, 7) is 4.16. The molecule has 10 rings (SSSR count). The van der Waals surface area contributed by atoms with E-state index in [-0.39, 0.29) is 31.2 Å². The molecule has 0 unspecified atom stereocenters. The number of ether oxygens (including phenoxy) is 5. The van der Waals surface area contributed by atoms with Crippen molar-refractivity contribution in [1.82, 2.24) is 0 Å². The molecule has 3 aliphatic heterocycles. The summed E-state index contributed by atoms with van der Waals surface area (Å²) in [6.07, 6.45) is 12.0. The molecule has 3 aliphatic rings. The number of hydrogen-bond acceptors (Lipinski definition) is 8. The van der Waals surface area contributed by atoms with Crippen LogP contribution in [0.4, 0.5) is 11.4 Å². The van der Waals surface area contributed by atoms with Gasteiger partial charge in [-0.2, -0.15) is 0 Å². The molecule has 354 valence electrons. The molecule has 0 radical (unpaired) electrons. The summed E-state index contributed by atoms with van der Waals surface area (Å²) in [4.78, 5) is 19.0. The fraction of sp³-hybridized carbons (Fsp3) is 0.190. The van der Waals surface area contributed by atoms with Crippen molar-refractivity contribution in [1.29, 1.82) is 0 Å². The van der Waals surface area contributed by atoms with Gasteiger partial charge in [0.15, 0.2) is 5.60 Å². The van der Waals surface area contributed by atoms with Crippen LogP contribution in [-0.4, -0.2) is 46.4 Å². The highest BCUT2D eigenvalue weighted by Crippen LogP contribution is 2.53. The molecule has 0 aliphatic carbocycles. The second-order valence-corrected chi connectivity index (χ2v) is 18.9. The zero-order chi connectivity index (χ0) is 48.4. The highest BCUT2D eigenvalue weighted by Gasteiger charge is 2.47. The largest absolute Gasteiger partial charge is 0.497 e. The predicted octanol–water partition coefficient (Wildman–Crippen LogP) is 16.2. The number of benzene rings is 7. The number of esters is 1. The maximum atomic E-state index is 14.2. The molecule has 0 atom stereocenters. The van der Waals surface area contributed by atoms with E-state index in [1.54, 1.807) is 26.4 Å². The normalized spacial score (nSPS) is 16.6. The number of rotatable bonds is 14. The molecule has 0 N–H and O–H groups in total. The molecule has 7 aromatic carbocycles. The van der Waals surface area contributed by atoms with E-state index in [0.29, 0.717) is 45.6 Å². The molecule has 2 fully saturated rings. The number of cyclic esters (lactones) is 1. The Hall–Kier alpha value is -6.55. The molecular weight excluding hydrogens is 962 g/mol. The fourth-order valence-electron chi connectivity index (χ4n) is 9.40. The first-order valence-corrected chi connectivity index (χ1v) is 24.7. The van der Waals surface area contributed by atoms with Crippen LogP contribution in [0.3, 0.4) is 0 Å². The average molecular weight is 1010 g/mol. The first kappa shape index (κ1) is 47.1. The van der Waals surface area contributed by atoms with Crippen molar-refractivity contribution < 1.29 is 28.5 Å². The van der Waals surface area contributed by atoms with E-state index >= 15 is 0 Å². The van der Waals surface area contributed by atoms with Crippen molar-refractivity contribution >= 4 is 75.9 Å². The number of hydrogen-bond donors (Lipinski definition) is 0. The Morgan fingerprint density at radius 2 is 0.900 bits per heavy atom. The van der Waals surface area contributed by atoms with Gasteiger partial charge < -0.3 is 33.5 Å². The molecule has 7 aromatic rings. The van der Waals surface area contributed by atoms with Crippen LogP contribution < -0.4 is 28.7 Å². The minimum absolute atomic E-state index is 0.0117. The van der Waals surface area contributed by atoms with Crippen LogP contribution >= 0.6 is 46.4 Å². The number of carbonyl (C=O) groups is 1. The van der Waals surface area contributed by atoms with Gasteiger partial charge in [-0.25, -0.2) is 4.79 Å². The highest BCUT2D eigenvalue weighted by atomic mass is 35.5. The maximum absolute atomic E-state index is 14.2. The van der Waals surface area contributed by atoms with Crippen LogP contribution in [0.25, 0.3) is 34.4 Å². The van der Waals surface area contributed by atoms with Gasteiger partial charge in [-0.3, -0.25) is 0 Å². The van der Waals surface area contributed by atoms with Crippen molar-refractivity contribution in [3.05, 3.63) is 188 Å². The molecule has 0 amide bonds. The van der Waals surface area contributed by atoms with Gasteiger partial charge in [0.2, 0.25) is 0 Å². The van der Waals surface area contributed by atoms with Gasteiger partial charge in [0.1, 0.15) is 34.5 Å². The number of para-hydroxylation sites is 2. The quantitative estimate of drug-likeness (QED) is 0.0606. The molecular formula is C58H48Cl4N2O6. The van der Waals surface area contributed by atoms with Crippen LogP contribution in [0.1, 0.15) is 52.7 Å². The Labute approximate surface area is 428 Å². The number of nitrogens with zero attached hydrogens (tertiary/aromatic N) is 2. The molecule has 8 nitrogen and oxygen atoms in total. The van der Waals surface area contributed by atoms with Crippen LogP contribution in [0.2, 0.25) is 20.1 Å². The first-order chi connectivity index (χ1) is 34.1. The van der Waals surface area contributed by atoms with Crippen LogP contribution in [0.15, 0.2) is 146 Å². The number of methoxy groups -OCH3 is 2. The van der Waals surface area contributed by atoms with E-state index in [4.69, 9.17) is 70.1 Å². The summed E-state index contributed by atoms with van der Waals surface area (Å²) in [6, 6.07) is 43.7. The molecule has 3 heterocycles. The van der Waals surface area contributed by atoms with Crippen molar-refractivity contribution in [3.8, 4) is 56.8 Å². The van der Waals surface area contributed by atoms with E-state index in [2.05, 4.69) is 58.3 Å². The van der Waals surface area contributed by atoms with E-state index in [0.717, 1.165) is 48.4 Å². The number of halogens is 4. The number of carbonyl (C=O) groups excluding carboxylic acids is 1. The molecule has 70 heavy (non-hydrogen) atoms. The van der Waals surface area contributed by atoms with E-state index in [9.17, 15) is 4.79 Å². The summed E-state index contributed by atoms with van der Waals surface area (Å²) >= 11 is 27.4. The first-order valence-electron chi connectivity index (χ1n) is 23.2. The molecule has 12 heteroatoms. The minimum atomic E-state index is -1.67. The molecule has 2 saturated heterocycles. The lowest BCUT2D eigenvalue weighted by atomic mass is 9.89. The zero-order valence-corrected chi connectivity index (χ0v) is 41.5. The Balaban J connectivity index is 1.11. The second kappa shape index (κ2) is 20.4. The van der Waals surface area contributed by atoms with Gasteiger partial charge in [-0.05, 0) is 122 Å². The van der Waals surface area contributed by atoms with Gasteiger partial charge in [0.25, 0.3) is 0 Å². The predicted molar refractivity (Wildman–Crippen MR) is 284 cm³/mol. The van der Waals surface area contributed by atoms with Gasteiger partial charge in [-0.1, -0.05) is 119 Å². The average Bonchev–Trinajstić information content (AvgIpc) is 4.20. The standard InChI is InChI=1S/C58H48Cl4N2O6/c1-66-43-21-25-45(26-22-43)68-55-39(9-7-11-47(55)37-13-17-41(18-14-37)63-33-3-4-34-63)29-31-58(50-49(57(65)70-58)51(59)53(61)54(62)52(50)60)32-30-40-10-8-12-48(56(40)69-46-27-23-44(67-2)24-28-46)38-15-19-42(20-16-38)64-35-5-6-36-64/h7-32H,3-6,33-36H2,1-2H3. The summed E-state index contributed by atoms with van der Waals surface area (Å²) in [5, 5.41) is -0.104. The molecule has 0 bridgehead atoms. The third kappa shape index (κ3) is 9.41. The van der Waals surface area contributed by atoms with Crippen LogP contribution in [0.5, 0.6) is 34.5 Å². The Morgan fingerprint density at radius 1 is 0.500 bits per heavy atom. The van der Waals surface area contributed by atoms with E-state index in [1.807, 2.05) is 97.1 Å². The lowest BCUT2D eigenvalue weighted by molar-refractivity contribution is 0.0301. The highest BCUT2D eigenvalue weighted by molar-refractivity contribution is 6.53. The van der Waals surface area contributed by atoms with Crippen molar-refractivity contribution in [2.75, 3.05) is 50.2 Å². The monoisotopic (exact) mass is 1010 g/mol. The minimum Gasteiger partial charge on any atom is -0.497 e. The van der Waals surface area contributed by atoms with Gasteiger partial charge in [0, 0.05) is 65.4 Å². The van der Waals surface area contributed by atoms with Crippen LogP contribution in [0, 0.1) is 0 Å². The topological polar surface area (TPSA) is 69.7 Å². The van der Waals surface area contributed by atoms with Crippen molar-refractivity contribution in [3.63, 3.8) is 0 Å². The number of anilines is 2. The summed E-state index contributed by atoms with van der Waals surface area (Å²) in [5.74, 6) is 2.99. The number of fused-ring (bicyclic) bond motifs is 1. The smallest absolute Gasteiger partial charge is 0.341 e. The second-order valence-electron chi connectivity index (χ2n) is 17.3. The lowest BCUT2D eigenvalue weighted by Gasteiger charge is -2.24. The SMILES string of the molecule is COc1ccc(Oc2c(C=CC3(C=Cc4cccc(-c5ccc(N6CCCC6)cc5)c4Oc4ccc(OC)cc4)OC(=O)c4c(Cl)c(Cl)c(Cl)c(Cl)c43)cccc2-c2ccc(N3CCCC3)cc2)cc1. The van der Waals surface area contributed by atoms with Gasteiger partial charge in [-0.15, -0.1) is 0 Å². The van der Waals surface area contributed by atoms with Gasteiger partial charge >= 0.3 is 5.97 Å². The summed E-state index contributed by atoms with van der Waals surface area (Å²) in [7, 11) is 3.25. The molecule has 0 spiro atoms. The zero-order valence-electron chi connectivity index (χ0n) is 38.5. The van der Waals surface area contributed by atoms with Crippen molar-refractivity contribution in [2.45, 2.75) is 31.3 Å². The van der Waals surface area contributed by atoms with Crippen LogP contribution in [-0.2, 0) is 10.3 Å². The van der Waals surface area contributed by atoms with E-state index in [1.165, 1.54) is 37.1 Å². The summed E-state index contributed by atoms with van der Waals surface area (Å²) < 4.78 is 30.9. The maximum Gasteiger partial charge on any atom is 0.341 e. The fourth-order valence-corrected chi connectivity index (χ4v) is 10.5. The molecule has 0 aromatic heterocycles. The third-order valence-corrected chi connectivity index (χ3v) is 14.9. The Morgan fingerprint density at radius 3 is 1.31 bits per heavy atom. The Kier molecular flexibility index (Phi) is 13.8. The third-order valence-electron chi connectivity index (χ3n) is 13.1. The van der Waals surface area contributed by atoms with Gasteiger partial charge in [0.05, 0.1) is 39.9 Å². The van der Waals surface area contributed by atoms with Crippen molar-refractivity contribution in [2.24, 2.45) is 0 Å². The Bertz CT molecular complexity index is 2940. The van der Waals surface area contributed by atoms with E-state index < -0.39 is 11.6 Å². The molecule has 0 saturated carbocycles. The summed E-state index contributed by atoms with van der Waals surface area (Å²) in [5.41, 5.74) is 5.91.